The third kappa shape index (κ3) is 6.14. The van der Waals surface area contributed by atoms with E-state index >= 15 is 0 Å². The summed E-state index contributed by atoms with van der Waals surface area (Å²) in [6.45, 7) is 4.16. The predicted molar refractivity (Wildman–Crippen MR) is 111 cm³/mol. The van der Waals surface area contributed by atoms with Gasteiger partial charge in [-0.1, -0.05) is 6.07 Å². The number of aromatic nitrogens is 2. The van der Waals surface area contributed by atoms with Gasteiger partial charge in [0.05, 0.1) is 18.7 Å². The second-order valence-electron chi connectivity index (χ2n) is 6.56. The quantitative estimate of drug-likeness (QED) is 0.718. The highest BCUT2D eigenvalue weighted by Crippen LogP contribution is 2.17. The first-order chi connectivity index (χ1) is 14.5. The molecule has 4 amide bonds. The Kier molecular flexibility index (Phi) is 7.55. The summed E-state index contributed by atoms with van der Waals surface area (Å²) >= 11 is 1.27. The van der Waals surface area contributed by atoms with Gasteiger partial charge in [0.15, 0.2) is 5.13 Å². The lowest BCUT2D eigenvalue weighted by atomic mass is 10.2. The lowest BCUT2D eigenvalue weighted by Crippen LogP contribution is -2.51. The number of hydrogen-bond donors (Lipinski definition) is 2. The van der Waals surface area contributed by atoms with Crippen LogP contribution in [0.25, 0.3) is 0 Å². The van der Waals surface area contributed by atoms with Crippen LogP contribution in [0.2, 0.25) is 0 Å². The van der Waals surface area contributed by atoms with Crippen LogP contribution in [0.1, 0.15) is 18.2 Å². The maximum absolute atomic E-state index is 12.4. The molecule has 3 heterocycles. The highest BCUT2D eigenvalue weighted by Gasteiger charge is 2.25. The number of rotatable bonds is 6. The van der Waals surface area contributed by atoms with Crippen LogP contribution in [0.4, 0.5) is 14.7 Å². The fourth-order valence-electron chi connectivity index (χ4n) is 2.85. The first-order valence-electron chi connectivity index (χ1n) is 9.62. The van der Waals surface area contributed by atoms with E-state index < -0.39 is 0 Å². The number of thiazole rings is 1. The van der Waals surface area contributed by atoms with Gasteiger partial charge in [-0.2, -0.15) is 0 Å². The van der Waals surface area contributed by atoms with E-state index in [1.54, 1.807) is 34.5 Å². The Labute approximate surface area is 178 Å². The number of anilines is 1. The molecule has 0 spiro atoms. The fourth-order valence-corrected chi connectivity index (χ4v) is 3.55. The van der Waals surface area contributed by atoms with Gasteiger partial charge in [-0.15, -0.1) is 11.3 Å². The number of nitrogens with zero attached hydrogens (tertiary/aromatic N) is 4. The molecule has 0 atom stereocenters. The van der Waals surface area contributed by atoms with E-state index in [1.807, 2.05) is 12.1 Å². The monoisotopic (exact) mass is 432 g/mol. The largest absolute Gasteiger partial charge is 0.450 e. The Morgan fingerprint density at radius 2 is 1.97 bits per heavy atom. The van der Waals surface area contributed by atoms with Crippen molar-refractivity contribution in [2.75, 3.05) is 38.1 Å². The Morgan fingerprint density at radius 1 is 1.20 bits per heavy atom. The molecule has 30 heavy (non-hydrogen) atoms. The van der Waals surface area contributed by atoms with Crippen molar-refractivity contribution in [2.45, 2.75) is 19.9 Å². The number of nitrogens with one attached hydrogen (secondary N) is 2. The Hall–Kier alpha value is -3.21. The summed E-state index contributed by atoms with van der Waals surface area (Å²) in [6, 6.07) is 3.42. The van der Waals surface area contributed by atoms with Crippen LogP contribution >= 0.6 is 11.3 Å². The van der Waals surface area contributed by atoms with Crippen molar-refractivity contribution in [1.29, 1.82) is 0 Å². The van der Waals surface area contributed by atoms with Gasteiger partial charge in [0, 0.05) is 50.5 Å². The minimum absolute atomic E-state index is 0.130. The topological polar surface area (TPSA) is 117 Å². The maximum Gasteiger partial charge on any atom is 0.409 e. The van der Waals surface area contributed by atoms with E-state index in [4.69, 9.17) is 4.74 Å². The molecule has 2 aromatic heterocycles. The van der Waals surface area contributed by atoms with E-state index in [0.29, 0.717) is 50.2 Å². The van der Waals surface area contributed by atoms with Gasteiger partial charge in [0.25, 0.3) is 0 Å². The molecule has 0 aromatic carbocycles. The summed E-state index contributed by atoms with van der Waals surface area (Å²) in [5.41, 5.74) is 1.51. The zero-order valence-electron chi connectivity index (χ0n) is 16.7. The van der Waals surface area contributed by atoms with Crippen LogP contribution in [-0.2, 0) is 22.5 Å². The SMILES string of the molecule is CCOC(=O)N1CCN(C(=O)Nc2nc(CC(=O)NCc3cccnc3)cs2)CC1. The van der Waals surface area contributed by atoms with E-state index in [-0.39, 0.29) is 24.5 Å². The van der Waals surface area contributed by atoms with Crippen molar-refractivity contribution >= 4 is 34.5 Å². The molecule has 3 rings (SSSR count). The number of carbonyl (C=O) groups excluding carboxylic acids is 3. The Balaban J connectivity index is 1.42. The van der Waals surface area contributed by atoms with Crippen molar-refractivity contribution in [3.8, 4) is 0 Å². The molecule has 0 unspecified atom stereocenters. The molecule has 160 valence electrons. The van der Waals surface area contributed by atoms with Crippen molar-refractivity contribution in [1.82, 2.24) is 25.1 Å². The summed E-state index contributed by atoms with van der Waals surface area (Å²) in [5.74, 6) is -0.155. The van der Waals surface area contributed by atoms with Crippen molar-refractivity contribution in [3.05, 3.63) is 41.2 Å². The van der Waals surface area contributed by atoms with Gasteiger partial charge >= 0.3 is 12.1 Å². The molecular formula is C19H24N6O4S. The van der Waals surface area contributed by atoms with Crippen LogP contribution < -0.4 is 10.6 Å². The Morgan fingerprint density at radius 3 is 2.67 bits per heavy atom. The predicted octanol–water partition coefficient (Wildman–Crippen LogP) is 1.70. The molecule has 1 fully saturated rings. The molecule has 2 N–H and O–H groups in total. The minimum atomic E-state index is -0.357. The first kappa shape index (κ1) is 21.5. The number of urea groups is 1. The van der Waals surface area contributed by atoms with Crippen LogP contribution in [0.3, 0.4) is 0 Å². The van der Waals surface area contributed by atoms with Gasteiger partial charge in [-0.05, 0) is 18.6 Å². The molecule has 2 aromatic rings. The fraction of sp³-hybridized carbons (Fsp3) is 0.421. The molecule has 0 aliphatic carbocycles. The molecule has 11 heteroatoms. The van der Waals surface area contributed by atoms with E-state index in [0.717, 1.165) is 5.56 Å². The number of ether oxygens (including phenoxy) is 1. The second-order valence-corrected chi connectivity index (χ2v) is 7.42. The highest BCUT2D eigenvalue weighted by molar-refractivity contribution is 7.13. The van der Waals surface area contributed by atoms with Crippen molar-refractivity contribution in [3.63, 3.8) is 0 Å². The highest BCUT2D eigenvalue weighted by atomic mass is 32.1. The van der Waals surface area contributed by atoms with Gasteiger partial charge in [-0.3, -0.25) is 15.1 Å². The zero-order valence-corrected chi connectivity index (χ0v) is 17.5. The zero-order chi connectivity index (χ0) is 21.3. The van der Waals surface area contributed by atoms with Crippen LogP contribution in [-0.4, -0.2) is 70.6 Å². The van der Waals surface area contributed by atoms with Gasteiger partial charge < -0.3 is 19.9 Å². The summed E-state index contributed by atoms with van der Waals surface area (Å²) in [4.78, 5) is 47.8. The molecule has 0 bridgehead atoms. The smallest absolute Gasteiger partial charge is 0.409 e. The maximum atomic E-state index is 12.4. The lowest BCUT2D eigenvalue weighted by molar-refractivity contribution is -0.120. The van der Waals surface area contributed by atoms with E-state index in [1.165, 1.54) is 11.3 Å². The van der Waals surface area contributed by atoms with Crippen LogP contribution in [0.15, 0.2) is 29.9 Å². The number of carbonyl (C=O) groups is 3. The molecule has 10 nitrogen and oxygen atoms in total. The van der Waals surface area contributed by atoms with E-state index in [9.17, 15) is 14.4 Å². The molecule has 1 aliphatic rings. The average molecular weight is 433 g/mol. The lowest BCUT2D eigenvalue weighted by Gasteiger charge is -2.33. The summed E-state index contributed by atoms with van der Waals surface area (Å²) < 4.78 is 4.97. The average Bonchev–Trinajstić information content (AvgIpc) is 3.19. The van der Waals surface area contributed by atoms with Crippen molar-refractivity contribution in [2.24, 2.45) is 0 Å². The first-order valence-corrected chi connectivity index (χ1v) is 10.5. The van der Waals surface area contributed by atoms with Gasteiger partial charge in [-0.25, -0.2) is 14.6 Å². The standard InChI is InChI=1S/C19H24N6O4S/c1-2-29-19(28)25-8-6-24(7-9-25)18(27)23-17-22-15(13-30-17)10-16(26)21-12-14-4-3-5-20-11-14/h3-5,11,13H,2,6-10,12H2,1H3,(H,21,26)(H,22,23,27). The van der Waals surface area contributed by atoms with Crippen molar-refractivity contribution < 1.29 is 19.1 Å². The molecule has 0 saturated carbocycles. The second kappa shape index (κ2) is 10.5. The number of hydrogen-bond acceptors (Lipinski definition) is 7. The van der Waals surface area contributed by atoms with Gasteiger partial charge in [0.1, 0.15) is 0 Å². The molecular weight excluding hydrogens is 408 g/mol. The summed E-state index contributed by atoms with van der Waals surface area (Å²) in [6.07, 6.45) is 3.15. The normalized spacial score (nSPS) is 13.6. The van der Waals surface area contributed by atoms with E-state index in [2.05, 4.69) is 20.6 Å². The minimum Gasteiger partial charge on any atom is -0.450 e. The van der Waals surface area contributed by atoms with Crippen LogP contribution in [0, 0.1) is 0 Å². The third-order valence-electron chi connectivity index (χ3n) is 4.41. The third-order valence-corrected chi connectivity index (χ3v) is 5.22. The summed E-state index contributed by atoms with van der Waals surface area (Å²) in [7, 11) is 0. The number of pyridine rings is 1. The molecule has 1 saturated heterocycles. The van der Waals surface area contributed by atoms with Crippen LogP contribution in [0.5, 0.6) is 0 Å². The Bertz CT molecular complexity index is 867. The van der Waals surface area contributed by atoms with Gasteiger partial charge in [0.2, 0.25) is 5.91 Å². The summed E-state index contributed by atoms with van der Waals surface area (Å²) in [5, 5.41) is 7.75. The molecule has 0 radical (unpaired) electrons. The molecule has 1 aliphatic heterocycles. The number of piperazine rings is 1. The number of amides is 4.